The highest BCUT2D eigenvalue weighted by molar-refractivity contribution is 6.25. The molecule has 2 atom stereocenters. The quantitative estimate of drug-likeness (QED) is 0.307. The van der Waals surface area contributed by atoms with Crippen LogP contribution in [-0.4, -0.2) is 59.6 Å². The number of anilines is 1. The Balaban J connectivity index is 0.00000342. The van der Waals surface area contributed by atoms with E-state index in [1.54, 1.807) is 18.2 Å². The molecule has 1 aromatic rings. The summed E-state index contributed by atoms with van der Waals surface area (Å²) in [5.41, 5.74) is 6.93. The molecule has 0 radical (unpaired) electrons. The molecule has 3 aliphatic rings. The van der Waals surface area contributed by atoms with Gasteiger partial charge < -0.3 is 16.4 Å². The maximum absolute atomic E-state index is 13.1. The van der Waals surface area contributed by atoms with Crippen LogP contribution in [0.5, 0.6) is 0 Å². The number of nitrogens with one attached hydrogen (secondary N) is 3. The number of hydrogen-bond donors (Lipinski definition) is 4. The lowest BCUT2D eigenvalue weighted by atomic mass is 9.85. The van der Waals surface area contributed by atoms with Gasteiger partial charge in [0.1, 0.15) is 6.04 Å². The molecule has 1 aliphatic carbocycles. The molecule has 0 aromatic heterocycles. The monoisotopic (exact) mass is 505 g/mol. The number of halogens is 1. The summed E-state index contributed by atoms with van der Waals surface area (Å²) >= 11 is 0. The van der Waals surface area contributed by atoms with E-state index in [0.717, 1.165) is 17.7 Å². The van der Waals surface area contributed by atoms with Crippen LogP contribution in [0.2, 0.25) is 0 Å². The molecule has 0 spiro atoms. The summed E-state index contributed by atoms with van der Waals surface area (Å²) in [7, 11) is 0. The van der Waals surface area contributed by atoms with Crippen molar-refractivity contribution in [3.8, 4) is 0 Å². The Morgan fingerprint density at radius 3 is 2.51 bits per heavy atom. The molecule has 11 heteroatoms. The van der Waals surface area contributed by atoms with Crippen molar-refractivity contribution in [3.05, 3.63) is 29.3 Å². The highest BCUT2D eigenvalue weighted by atomic mass is 35.5. The topological polar surface area (TPSA) is 151 Å². The molecule has 2 fully saturated rings. The predicted molar refractivity (Wildman–Crippen MR) is 131 cm³/mol. The number of piperidine rings is 1. The van der Waals surface area contributed by atoms with Gasteiger partial charge in [-0.15, -0.1) is 12.4 Å². The summed E-state index contributed by atoms with van der Waals surface area (Å²) in [4.78, 5) is 62.9. The largest absolute Gasteiger partial charge is 0.383 e. The summed E-state index contributed by atoms with van der Waals surface area (Å²) in [6.07, 6.45) is 6.78. The molecule has 4 rings (SSSR count). The van der Waals surface area contributed by atoms with Gasteiger partial charge >= 0.3 is 0 Å². The fourth-order valence-electron chi connectivity index (χ4n) is 5.07. The van der Waals surface area contributed by atoms with Crippen molar-refractivity contribution in [2.24, 2.45) is 11.7 Å². The molecule has 0 bridgehead atoms. The van der Waals surface area contributed by atoms with Gasteiger partial charge in [-0.05, 0) is 30.9 Å². The average Bonchev–Trinajstić information content (AvgIpc) is 3.08. The number of nitrogens with zero attached hydrogens (tertiary/aromatic N) is 1. The fourth-order valence-corrected chi connectivity index (χ4v) is 5.07. The number of fused-ring (bicyclic) bond motifs is 1. The van der Waals surface area contributed by atoms with E-state index in [1.165, 1.54) is 19.3 Å². The van der Waals surface area contributed by atoms with Gasteiger partial charge in [0.2, 0.25) is 17.7 Å². The van der Waals surface area contributed by atoms with Crippen molar-refractivity contribution >= 4 is 47.6 Å². The normalized spacial score (nSPS) is 21.2. The van der Waals surface area contributed by atoms with E-state index in [4.69, 9.17) is 5.73 Å². The molecule has 1 unspecified atom stereocenters. The van der Waals surface area contributed by atoms with Crippen LogP contribution in [0.1, 0.15) is 72.1 Å². The van der Waals surface area contributed by atoms with Crippen molar-refractivity contribution in [3.63, 3.8) is 0 Å². The molecule has 2 aliphatic heterocycles. The van der Waals surface area contributed by atoms with Crippen LogP contribution in [-0.2, 0) is 14.4 Å². The Bertz CT molecular complexity index is 1010. The van der Waals surface area contributed by atoms with E-state index in [1.807, 2.05) is 0 Å². The molecule has 5 amide bonds. The first-order valence-electron chi connectivity index (χ1n) is 12.0. The molecule has 1 saturated carbocycles. The van der Waals surface area contributed by atoms with Gasteiger partial charge in [0.15, 0.2) is 0 Å². The number of benzene rings is 1. The Kier molecular flexibility index (Phi) is 8.85. The van der Waals surface area contributed by atoms with Gasteiger partial charge in [0.05, 0.1) is 17.2 Å². The van der Waals surface area contributed by atoms with Crippen LogP contribution in [0.25, 0.3) is 0 Å². The summed E-state index contributed by atoms with van der Waals surface area (Å²) in [6, 6.07) is 3.32. The van der Waals surface area contributed by atoms with Crippen LogP contribution in [0.4, 0.5) is 5.69 Å². The first kappa shape index (κ1) is 26.6. The maximum atomic E-state index is 13.1. The summed E-state index contributed by atoms with van der Waals surface area (Å²) in [5, 5.41) is 8.12. The van der Waals surface area contributed by atoms with E-state index < -0.39 is 35.7 Å². The van der Waals surface area contributed by atoms with Gasteiger partial charge in [-0.25, -0.2) is 0 Å². The SMILES string of the molecule is Cl.N[C@@H](CC1CCCCC1)C(=O)NCCNc1cccc2c1C(=O)N(C1CCC(=O)NC1=O)C2=O. The molecule has 1 aromatic carbocycles. The third-order valence-corrected chi connectivity index (χ3v) is 6.86. The zero-order valence-corrected chi connectivity index (χ0v) is 20.3. The van der Waals surface area contributed by atoms with Crippen molar-refractivity contribution in [2.45, 2.75) is 63.5 Å². The standard InChI is InChI=1S/C24H31N5O5.ClH/c25-16(13-14-5-2-1-3-6-14)21(31)27-12-11-26-17-8-4-7-15-20(17)24(34)29(23(15)33)18-9-10-19(30)28-22(18)32;/h4,7-8,14,16,18,26H,1-3,5-6,9-13,25H2,(H,27,31)(H,28,30,32);1H/t16-,18?;/m0./s1. The Labute approximate surface area is 210 Å². The Morgan fingerprint density at radius 1 is 1.06 bits per heavy atom. The number of carbonyl (C=O) groups excluding carboxylic acids is 5. The number of hydrogen-bond acceptors (Lipinski definition) is 7. The molecular formula is C24H32ClN5O5. The smallest absolute Gasteiger partial charge is 0.264 e. The lowest BCUT2D eigenvalue weighted by Crippen LogP contribution is -2.54. The van der Waals surface area contributed by atoms with E-state index in [9.17, 15) is 24.0 Å². The van der Waals surface area contributed by atoms with E-state index in [2.05, 4.69) is 16.0 Å². The number of imide groups is 2. The third kappa shape index (κ3) is 5.82. The molecule has 190 valence electrons. The summed E-state index contributed by atoms with van der Waals surface area (Å²) in [5.74, 6) is -1.87. The summed E-state index contributed by atoms with van der Waals surface area (Å²) in [6.45, 7) is 0.637. The lowest BCUT2D eigenvalue weighted by molar-refractivity contribution is -0.136. The second kappa shape index (κ2) is 11.6. The maximum Gasteiger partial charge on any atom is 0.264 e. The minimum Gasteiger partial charge on any atom is -0.383 e. The van der Waals surface area contributed by atoms with Crippen LogP contribution in [0, 0.1) is 5.92 Å². The molecule has 5 N–H and O–H groups in total. The van der Waals surface area contributed by atoms with Crippen LogP contribution >= 0.6 is 12.4 Å². The molecule has 1 saturated heterocycles. The number of rotatable bonds is 8. The van der Waals surface area contributed by atoms with E-state index in [-0.39, 0.29) is 42.3 Å². The minimum absolute atomic E-state index is 0. The first-order valence-corrected chi connectivity index (χ1v) is 12.0. The van der Waals surface area contributed by atoms with E-state index >= 15 is 0 Å². The number of amides is 5. The highest BCUT2D eigenvalue weighted by Crippen LogP contribution is 2.32. The van der Waals surface area contributed by atoms with Gasteiger partial charge in [-0.1, -0.05) is 38.2 Å². The van der Waals surface area contributed by atoms with Crippen molar-refractivity contribution in [1.29, 1.82) is 0 Å². The van der Waals surface area contributed by atoms with Gasteiger partial charge in [0, 0.05) is 25.2 Å². The lowest BCUT2D eigenvalue weighted by Gasteiger charge is -2.27. The van der Waals surface area contributed by atoms with Crippen LogP contribution in [0.15, 0.2) is 18.2 Å². The van der Waals surface area contributed by atoms with Crippen molar-refractivity contribution in [2.75, 3.05) is 18.4 Å². The second-order valence-electron chi connectivity index (χ2n) is 9.24. The van der Waals surface area contributed by atoms with Crippen molar-refractivity contribution < 1.29 is 24.0 Å². The van der Waals surface area contributed by atoms with E-state index in [0.29, 0.717) is 31.1 Å². The predicted octanol–water partition coefficient (Wildman–Crippen LogP) is 1.34. The Hall–Kier alpha value is -2.98. The average molecular weight is 506 g/mol. The molecule has 10 nitrogen and oxygen atoms in total. The number of nitrogens with two attached hydrogens (primary N) is 1. The molecule has 35 heavy (non-hydrogen) atoms. The zero-order chi connectivity index (χ0) is 24.2. The number of carbonyl (C=O) groups is 5. The Morgan fingerprint density at radius 2 is 1.80 bits per heavy atom. The van der Waals surface area contributed by atoms with Gasteiger partial charge in [-0.2, -0.15) is 0 Å². The molecular weight excluding hydrogens is 474 g/mol. The van der Waals surface area contributed by atoms with Crippen molar-refractivity contribution in [1.82, 2.24) is 15.5 Å². The zero-order valence-electron chi connectivity index (χ0n) is 19.5. The van der Waals surface area contributed by atoms with Gasteiger partial charge in [0.25, 0.3) is 11.8 Å². The van der Waals surface area contributed by atoms with Crippen LogP contribution in [0.3, 0.4) is 0 Å². The highest BCUT2D eigenvalue weighted by Gasteiger charge is 2.45. The van der Waals surface area contributed by atoms with Gasteiger partial charge in [-0.3, -0.25) is 34.2 Å². The molecule has 2 heterocycles. The fraction of sp³-hybridized carbons (Fsp3) is 0.542. The first-order chi connectivity index (χ1) is 16.4. The van der Waals surface area contributed by atoms with Crippen LogP contribution < -0.4 is 21.7 Å². The minimum atomic E-state index is -1.01. The second-order valence-corrected chi connectivity index (χ2v) is 9.24. The third-order valence-electron chi connectivity index (χ3n) is 6.86. The summed E-state index contributed by atoms with van der Waals surface area (Å²) < 4.78 is 0.